The molecule has 0 aliphatic carbocycles. The van der Waals surface area contributed by atoms with Gasteiger partial charge in [-0.25, -0.2) is 8.42 Å². The lowest BCUT2D eigenvalue weighted by Crippen LogP contribution is -2.53. The van der Waals surface area contributed by atoms with Crippen molar-refractivity contribution in [2.45, 2.75) is 52.6 Å². The summed E-state index contributed by atoms with van der Waals surface area (Å²) in [4.78, 5) is 27.9. The van der Waals surface area contributed by atoms with Gasteiger partial charge < -0.3 is 15.0 Å². The molecule has 0 fully saturated rings. The van der Waals surface area contributed by atoms with Crippen molar-refractivity contribution in [3.8, 4) is 5.75 Å². The first-order valence-corrected chi connectivity index (χ1v) is 13.6. The van der Waals surface area contributed by atoms with Crippen LogP contribution in [0, 0.1) is 6.92 Å². The molecule has 9 heteroatoms. The first kappa shape index (κ1) is 28.2. The fourth-order valence-corrected chi connectivity index (χ4v) is 4.47. The molecular weight excluding hydrogens is 466 g/mol. The van der Waals surface area contributed by atoms with Crippen molar-refractivity contribution in [1.82, 2.24) is 10.2 Å². The van der Waals surface area contributed by atoms with E-state index in [0.717, 1.165) is 28.1 Å². The highest BCUT2D eigenvalue weighted by molar-refractivity contribution is 7.92. The summed E-state index contributed by atoms with van der Waals surface area (Å²) in [5.74, 6) is -0.409. The van der Waals surface area contributed by atoms with Crippen LogP contribution in [0.15, 0.2) is 48.5 Å². The van der Waals surface area contributed by atoms with E-state index < -0.39 is 28.5 Å². The number of amides is 2. The molecule has 2 aromatic rings. The van der Waals surface area contributed by atoms with E-state index in [0.29, 0.717) is 12.2 Å². The van der Waals surface area contributed by atoms with Gasteiger partial charge in [-0.1, -0.05) is 43.3 Å². The maximum atomic E-state index is 13.6. The van der Waals surface area contributed by atoms with Gasteiger partial charge in [-0.3, -0.25) is 13.9 Å². The van der Waals surface area contributed by atoms with Gasteiger partial charge in [0.2, 0.25) is 21.8 Å². The molecular formula is C26H37N3O5S. The topological polar surface area (TPSA) is 96.0 Å². The van der Waals surface area contributed by atoms with Crippen LogP contribution in [0.3, 0.4) is 0 Å². The van der Waals surface area contributed by atoms with Crippen LogP contribution < -0.4 is 14.4 Å². The van der Waals surface area contributed by atoms with Gasteiger partial charge >= 0.3 is 0 Å². The first-order valence-electron chi connectivity index (χ1n) is 11.7. The van der Waals surface area contributed by atoms with Crippen LogP contribution in [-0.2, 0) is 26.0 Å². The van der Waals surface area contributed by atoms with Crippen molar-refractivity contribution in [3.63, 3.8) is 0 Å². The SMILES string of the molecule is CC[C@@H](C)NC(=O)[C@@H](C)N(CCc1ccccc1)C(=O)CN(c1cc(C)ccc1OC)S(C)(=O)=O. The molecule has 0 spiro atoms. The molecule has 0 saturated carbocycles. The van der Waals surface area contributed by atoms with Crippen LogP contribution in [0.2, 0.25) is 0 Å². The minimum absolute atomic E-state index is 0.0416. The summed E-state index contributed by atoms with van der Waals surface area (Å²) in [5, 5.41) is 2.92. The van der Waals surface area contributed by atoms with E-state index in [1.807, 2.05) is 51.1 Å². The van der Waals surface area contributed by atoms with Gasteiger partial charge in [0.15, 0.2) is 0 Å². The predicted octanol–water partition coefficient (Wildman–Crippen LogP) is 3.14. The summed E-state index contributed by atoms with van der Waals surface area (Å²) < 4.78 is 31.9. The molecule has 0 aliphatic heterocycles. The first-order chi connectivity index (χ1) is 16.5. The third-order valence-electron chi connectivity index (χ3n) is 5.93. The minimum Gasteiger partial charge on any atom is -0.495 e. The van der Waals surface area contributed by atoms with Gasteiger partial charge in [-0.05, 0) is 56.9 Å². The number of anilines is 1. The number of rotatable bonds is 12. The molecule has 8 nitrogen and oxygen atoms in total. The van der Waals surface area contributed by atoms with Crippen molar-refractivity contribution in [3.05, 3.63) is 59.7 Å². The largest absolute Gasteiger partial charge is 0.495 e. The molecule has 1 N–H and O–H groups in total. The quantitative estimate of drug-likeness (QED) is 0.480. The van der Waals surface area contributed by atoms with E-state index in [-0.39, 0.29) is 24.2 Å². The maximum absolute atomic E-state index is 13.6. The lowest BCUT2D eigenvalue weighted by molar-refractivity contribution is -0.139. The molecule has 0 saturated heterocycles. The van der Waals surface area contributed by atoms with Crippen molar-refractivity contribution in [2.24, 2.45) is 0 Å². The van der Waals surface area contributed by atoms with Crippen LogP contribution in [0.5, 0.6) is 5.75 Å². The number of hydrogen-bond donors (Lipinski definition) is 1. The molecule has 0 unspecified atom stereocenters. The molecule has 2 aromatic carbocycles. The normalized spacial score (nSPS) is 13.0. The second-order valence-electron chi connectivity index (χ2n) is 8.76. The number of nitrogens with zero attached hydrogens (tertiary/aromatic N) is 2. The number of sulfonamides is 1. The Morgan fingerprint density at radius 1 is 1.09 bits per heavy atom. The average Bonchev–Trinajstić information content (AvgIpc) is 2.82. The fourth-order valence-electron chi connectivity index (χ4n) is 3.63. The van der Waals surface area contributed by atoms with E-state index in [4.69, 9.17) is 4.74 Å². The maximum Gasteiger partial charge on any atom is 0.244 e. The summed E-state index contributed by atoms with van der Waals surface area (Å²) in [6.07, 6.45) is 2.33. The molecule has 192 valence electrons. The number of ether oxygens (including phenoxy) is 1. The highest BCUT2D eigenvalue weighted by Gasteiger charge is 2.31. The van der Waals surface area contributed by atoms with E-state index in [2.05, 4.69) is 5.32 Å². The summed E-state index contributed by atoms with van der Waals surface area (Å²) in [7, 11) is -2.38. The van der Waals surface area contributed by atoms with Crippen LogP contribution in [0.25, 0.3) is 0 Å². The van der Waals surface area contributed by atoms with E-state index in [1.165, 1.54) is 12.0 Å². The zero-order chi connectivity index (χ0) is 26.2. The molecule has 0 heterocycles. The molecule has 2 amide bonds. The number of benzene rings is 2. The Morgan fingerprint density at radius 2 is 1.74 bits per heavy atom. The van der Waals surface area contributed by atoms with Crippen LogP contribution in [0.1, 0.15) is 38.3 Å². The number of carbonyl (C=O) groups is 2. The lowest BCUT2D eigenvalue weighted by Gasteiger charge is -2.32. The summed E-state index contributed by atoms with van der Waals surface area (Å²) in [5.41, 5.74) is 2.12. The molecule has 2 atom stereocenters. The van der Waals surface area contributed by atoms with Gasteiger partial charge in [0.05, 0.1) is 19.1 Å². The predicted molar refractivity (Wildman–Crippen MR) is 139 cm³/mol. The molecule has 0 aromatic heterocycles. The number of hydrogen-bond acceptors (Lipinski definition) is 5. The van der Waals surface area contributed by atoms with Crippen molar-refractivity contribution >= 4 is 27.5 Å². The Balaban J connectivity index is 2.38. The highest BCUT2D eigenvalue weighted by atomic mass is 32.2. The van der Waals surface area contributed by atoms with E-state index >= 15 is 0 Å². The van der Waals surface area contributed by atoms with Gasteiger partial charge in [-0.2, -0.15) is 0 Å². The molecule has 2 rings (SSSR count). The number of nitrogens with one attached hydrogen (secondary N) is 1. The second kappa shape index (κ2) is 12.6. The third-order valence-corrected chi connectivity index (χ3v) is 7.06. The lowest BCUT2D eigenvalue weighted by atomic mass is 10.1. The van der Waals surface area contributed by atoms with Gasteiger partial charge in [0.25, 0.3) is 0 Å². The van der Waals surface area contributed by atoms with Crippen LogP contribution >= 0.6 is 0 Å². The second-order valence-corrected chi connectivity index (χ2v) is 10.7. The molecule has 0 radical (unpaired) electrons. The summed E-state index contributed by atoms with van der Waals surface area (Å²) in [6.45, 7) is 7.18. The van der Waals surface area contributed by atoms with Gasteiger partial charge in [0, 0.05) is 12.6 Å². The summed E-state index contributed by atoms with van der Waals surface area (Å²) >= 11 is 0. The Labute approximate surface area is 209 Å². The molecule has 0 aliphatic rings. The van der Waals surface area contributed by atoms with Crippen molar-refractivity contribution < 1.29 is 22.7 Å². The van der Waals surface area contributed by atoms with Crippen molar-refractivity contribution in [2.75, 3.05) is 30.8 Å². The van der Waals surface area contributed by atoms with Crippen molar-refractivity contribution in [1.29, 1.82) is 0 Å². The average molecular weight is 504 g/mol. The number of methoxy groups -OCH3 is 1. The Morgan fingerprint density at radius 3 is 2.31 bits per heavy atom. The number of carbonyl (C=O) groups excluding carboxylic acids is 2. The Bertz CT molecular complexity index is 1110. The van der Waals surface area contributed by atoms with Crippen LogP contribution in [-0.4, -0.2) is 63.7 Å². The van der Waals surface area contributed by atoms with E-state index in [1.54, 1.807) is 25.1 Å². The van der Waals surface area contributed by atoms with E-state index in [9.17, 15) is 18.0 Å². The molecule has 35 heavy (non-hydrogen) atoms. The zero-order valence-electron chi connectivity index (χ0n) is 21.4. The summed E-state index contributed by atoms with van der Waals surface area (Å²) in [6, 6.07) is 14.0. The van der Waals surface area contributed by atoms with Gasteiger partial charge in [-0.15, -0.1) is 0 Å². The standard InChI is InChI=1S/C26H37N3O5S/c1-7-20(3)27-26(31)21(4)28(16-15-22-11-9-8-10-12-22)25(30)18-29(35(6,32)33)23-17-19(2)13-14-24(23)34-5/h8-14,17,20-21H,7,15-16,18H2,1-6H3,(H,27,31)/t20-,21-/m1/s1. The Kier molecular flexibility index (Phi) is 10.1. The third kappa shape index (κ3) is 7.99. The van der Waals surface area contributed by atoms with Gasteiger partial charge in [0.1, 0.15) is 18.3 Å². The fraction of sp³-hybridized carbons (Fsp3) is 0.462. The monoisotopic (exact) mass is 503 g/mol. The van der Waals surface area contributed by atoms with Crippen LogP contribution in [0.4, 0.5) is 5.69 Å². The highest BCUT2D eigenvalue weighted by Crippen LogP contribution is 2.31. The Hall–Kier alpha value is -3.07. The molecule has 0 bridgehead atoms. The number of aryl methyl sites for hydroxylation is 1. The smallest absolute Gasteiger partial charge is 0.244 e. The zero-order valence-corrected chi connectivity index (χ0v) is 22.3. The minimum atomic E-state index is -3.83.